The number of halogens is 1. The number of nitrogens with one attached hydrogen (secondary N) is 1. The molecule has 5 nitrogen and oxygen atoms in total. The number of aryl methyl sites for hydroxylation is 1. The van der Waals surface area contributed by atoms with E-state index in [1.807, 2.05) is 48.2 Å². The normalized spacial score (nSPS) is 18.4. The third kappa shape index (κ3) is 2.97. The first-order chi connectivity index (χ1) is 14.5. The number of hydrogen-bond acceptors (Lipinski definition) is 3. The van der Waals surface area contributed by atoms with Crippen LogP contribution >= 0.6 is 11.6 Å². The number of nitrogens with zero attached hydrogens (tertiary/aromatic N) is 3. The average molecular weight is 417 g/mol. The van der Waals surface area contributed by atoms with Crippen LogP contribution in [0.5, 0.6) is 0 Å². The Hall–Kier alpha value is -3.18. The summed E-state index contributed by atoms with van der Waals surface area (Å²) in [7, 11) is 0. The molecule has 0 saturated heterocycles. The molecule has 2 unspecified atom stereocenters. The molecule has 0 saturated carbocycles. The van der Waals surface area contributed by atoms with Gasteiger partial charge in [0.25, 0.3) is 5.91 Å². The van der Waals surface area contributed by atoms with Crippen LogP contribution in [0.15, 0.2) is 60.9 Å². The van der Waals surface area contributed by atoms with Gasteiger partial charge in [-0.05, 0) is 37.1 Å². The molecule has 2 aromatic carbocycles. The van der Waals surface area contributed by atoms with Crippen LogP contribution in [0.2, 0.25) is 5.02 Å². The summed E-state index contributed by atoms with van der Waals surface area (Å²) in [5, 5.41) is 1.88. The molecule has 1 aliphatic rings. The Bertz CT molecular complexity index is 1250. The van der Waals surface area contributed by atoms with Crippen LogP contribution in [-0.4, -0.2) is 32.3 Å². The topological polar surface area (TPSA) is 61.9 Å². The molecule has 150 valence electrons. The van der Waals surface area contributed by atoms with Crippen molar-refractivity contribution < 1.29 is 4.79 Å². The van der Waals surface area contributed by atoms with Gasteiger partial charge in [-0.3, -0.25) is 9.78 Å². The summed E-state index contributed by atoms with van der Waals surface area (Å²) in [6.07, 6.45) is 3.18. The molecule has 5 rings (SSSR count). The van der Waals surface area contributed by atoms with Crippen molar-refractivity contribution in [2.45, 2.75) is 25.8 Å². The van der Waals surface area contributed by atoms with Gasteiger partial charge in [0.1, 0.15) is 5.69 Å². The number of fused-ring (bicyclic) bond motifs is 3. The number of H-pyrrole nitrogens is 1. The summed E-state index contributed by atoms with van der Waals surface area (Å²) in [5.41, 5.74) is 5.47. The maximum Gasteiger partial charge on any atom is 0.274 e. The highest BCUT2D eigenvalue weighted by Gasteiger charge is 2.38. The van der Waals surface area contributed by atoms with Crippen LogP contribution in [-0.2, 0) is 0 Å². The lowest BCUT2D eigenvalue weighted by atomic mass is 9.83. The van der Waals surface area contributed by atoms with Gasteiger partial charge < -0.3 is 9.88 Å². The molecule has 0 bridgehead atoms. The van der Waals surface area contributed by atoms with E-state index < -0.39 is 0 Å². The van der Waals surface area contributed by atoms with E-state index in [1.165, 1.54) is 10.9 Å². The van der Waals surface area contributed by atoms with Crippen molar-refractivity contribution in [2.24, 2.45) is 0 Å². The Labute approximate surface area is 179 Å². The number of benzene rings is 2. The van der Waals surface area contributed by atoms with Gasteiger partial charge in [-0.25, -0.2) is 4.98 Å². The van der Waals surface area contributed by atoms with E-state index in [9.17, 15) is 4.79 Å². The zero-order valence-corrected chi connectivity index (χ0v) is 17.5. The number of carbonyl (C=O) groups excluding carboxylic acids is 1. The minimum atomic E-state index is -0.128. The average Bonchev–Trinajstić information content (AvgIpc) is 3.15. The second kappa shape index (κ2) is 7.26. The predicted octanol–water partition coefficient (Wildman–Crippen LogP) is 5.27. The molecule has 4 aromatic rings. The molecule has 30 heavy (non-hydrogen) atoms. The van der Waals surface area contributed by atoms with E-state index in [-0.39, 0.29) is 17.9 Å². The second-order valence-corrected chi connectivity index (χ2v) is 8.16. The van der Waals surface area contributed by atoms with Crippen LogP contribution in [0.1, 0.15) is 51.9 Å². The summed E-state index contributed by atoms with van der Waals surface area (Å²) in [4.78, 5) is 27.4. The van der Waals surface area contributed by atoms with E-state index in [0.29, 0.717) is 17.3 Å². The number of carbonyl (C=O) groups is 1. The third-order valence-electron chi connectivity index (χ3n) is 5.93. The van der Waals surface area contributed by atoms with Gasteiger partial charge in [-0.15, -0.1) is 0 Å². The van der Waals surface area contributed by atoms with Crippen molar-refractivity contribution in [1.82, 2.24) is 19.9 Å². The monoisotopic (exact) mass is 416 g/mol. The SMILES string of the molecule is Cc1cnc(C(=O)N2CC(c3ccccc3Cl)c3c([nH]c4ccccc34)C2C)cn1. The van der Waals surface area contributed by atoms with Crippen molar-refractivity contribution in [3.8, 4) is 0 Å². The van der Waals surface area contributed by atoms with E-state index in [2.05, 4.69) is 34.0 Å². The molecule has 0 fully saturated rings. The largest absolute Gasteiger partial charge is 0.356 e. The van der Waals surface area contributed by atoms with Crippen molar-refractivity contribution in [3.05, 3.63) is 94.2 Å². The van der Waals surface area contributed by atoms with Gasteiger partial charge in [0.05, 0.1) is 17.9 Å². The van der Waals surface area contributed by atoms with Gasteiger partial charge in [0.15, 0.2) is 0 Å². The quantitative estimate of drug-likeness (QED) is 0.484. The highest BCUT2D eigenvalue weighted by Crippen LogP contribution is 2.44. The van der Waals surface area contributed by atoms with Gasteiger partial charge in [-0.2, -0.15) is 0 Å². The molecule has 0 aliphatic carbocycles. The van der Waals surface area contributed by atoms with Gasteiger partial charge in [0, 0.05) is 40.3 Å². The summed E-state index contributed by atoms with van der Waals surface area (Å²) in [6, 6.07) is 16.0. The van der Waals surface area contributed by atoms with Crippen LogP contribution < -0.4 is 0 Å². The third-order valence-corrected chi connectivity index (χ3v) is 6.28. The molecule has 1 amide bonds. The van der Waals surface area contributed by atoms with Crippen molar-refractivity contribution >= 4 is 28.4 Å². The van der Waals surface area contributed by atoms with E-state index in [4.69, 9.17) is 11.6 Å². The highest BCUT2D eigenvalue weighted by atomic mass is 35.5. The number of para-hydroxylation sites is 1. The highest BCUT2D eigenvalue weighted by molar-refractivity contribution is 6.31. The number of rotatable bonds is 2. The first kappa shape index (κ1) is 18.8. The summed E-state index contributed by atoms with van der Waals surface area (Å²) < 4.78 is 0. The Kier molecular flexibility index (Phi) is 4.55. The number of amides is 1. The molecular weight excluding hydrogens is 396 g/mol. The van der Waals surface area contributed by atoms with Crippen LogP contribution in [0.25, 0.3) is 10.9 Å². The first-order valence-corrected chi connectivity index (χ1v) is 10.4. The zero-order valence-electron chi connectivity index (χ0n) is 16.8. The van der Waals surface area contributed by atoms with Gasteiger partial charge in [-0.1, -0.05) is 48.0 Å². The van der Waals surface area contributed by atoms with E-state index in [1.54, 1.807) is 12.4 Å². The number of aromatic nitrogens is 3. The lowest BCUT2D eigenvalue weighted by Crippen LogP contribution is -2.41. The molecule has 2 aromatic heterocycles. The minimum absolute atomic E-state index is 0.0385. The standard InChI is InChI=1S/C24H21ClN4O/c1-14-11-27-21(12-26-14)24(30)29-13-18(16-7-3-5-9-19(16)25)22-17-8-4-6-10-20(17)28-23(22)15(29)2/h3-12,15,18,28H,13H2,1-2H3. The Balaban J connectivity index is 1.67. The zero-order chi connectivity index (χ0) is 20.8. The molecule has 1 aliphatic heterocycles. The molecular formula is C24H21ClN4O. The fourth-order valence-corrected chi connectivity index (χ4v) is 4.68. The van der Waals surface area contributed by atoms with Crippen LogP contribution in [0, 0.1) is 6.92 Å². The minimum Gasteiger partial charge on any atom is -0.356 e. The predicted molar refractivity (Wildman–Crippen MR) is 118 cm³/mol. The second-order valence-electron chi connectivity index (χ2n) is 7.75. The van der Waals surface area contributed by atoms with Gasteiger partial charge in [0.2, 0.25) is 0 Å². The van der Waals surface area contributed by atoms with Crippen molar-refractivity contribution in [2.75, 3.05) is 6.54 Å². The molecule has 2 atom stereocenters. The molecule has 0 spiro atoms. The number of hydrogen-bond donors (Lipinski definition) is 1. The Morgan fingerprint density at radius 1 is 1.10 bits per heavy atom. The lowest BCUT2D eigenvalue weighted by molar-refractivity contribution is 0.0655. The smallest absolute Gasteiger partial charge is 0.274 e. The van der Waals surface area contributed by atoms with Crippen LogP contribution in [0.3, 0.4) is 0 Å². The summed E-state index contributed by atoms with van der Waals surface area (Å²) in [5.74, 6) is -0.167. The van der Waals surface area contributed by atoms with Gasteiger partial charge >= 0.3 is 0 Å². The van der Waals surface area contributed by atoms with E-state index >= 15 is 0 Å². The first-order valence-electron chi connectivity index (χ1n) is 9.99. The maximum absolute atomic E-state index is 13.4. The molecule has 3 heterocycles. The number of aromatic amines is 1. The van der Waals surface area contributed by atoms with Crippen molar-refractivity contribution in [3.63, 3.8) is 0 Å². The molecule has 0 radical (unpaired) electrons. The summed E-state index contributed by atoms with van der Waals surface area (Å²) >= 11 is 6.60. The maximum atomic E-state index is 13.4. The van der Waals surface area contributed by atoms with E-state index in [0.717, 1.165) is 22.5 Å². The van der Waals surface area contributed by atoms with Crippen molar-refractivity contribution in [1.29, 1.82) is 0 Å². The fraction of sp³-hybridized carbons (Fsp3) is 0.208. The summed E-state index contributed by atoms with van der Waals surface area (Å²) in [6.45, 7) is 4.43. The fourth-order valence-electron chi connectivity index (χ4n) is 4.41. The Morgan fingerprint density at radius 3 is 2.63 bits per heavy atom. The molecule has 6 heteroatoms. The van der Waals surface area contributed by atoms with Crippen LogP contribution in [0.4, 0.5) is 0 Å². The lowest BCUT2D eigenvalue weighted by Gasteiger charge is -2.38. The Morgan fingerprint density at radius 2 is 1.87 bits per heavy atom. The molecule has 1 N–H and O–H groups in total.